The van der Waals surface area contributed by atoms with E-state index in [1.807, 2.05) is 19.9 Å². The average molecular weight is 445 g/mol. The van der Waals surface area contributed by atoms with Gasteiger partial charge in [-0.1, -0.05) is 50.2 Å². The van der Waals surface area contributed by atoms with Crippen LogP contribution in [0.3, 0.4) is 0 Å². The quantitative estimate of drug-likeness (QED) is 0.338. The zero-order chi connectivity index (χ0) is 23.5. The molecule has 1 aromatic heterocycles. The van der Waals surface area contributed by atoms with E-state index in [4.69, 9.17) is 5.84 Å². The number of benzene rings is 3. The fourth-order valence-corrected chi connectivity index (χ4v) is 3.67. The Bertz CT molecular complexity index is 1490. The Kier molecular flexibility index (Phi) is 6.22. The van der Waals surface area contributed by atoms with E-state index in [9.17, 15) is 14.0 Å². The Morgan fingerprint density at radius 1 is 0.879 bits per heavy atom. The van der Waals surface area contributed by atoms with Gasteiger partial charge >= 0.3 is 0 Å². The van der Waals surface area contributed by atoms with E-state index < -0.39 is 16.9 Å². The zero-order valence-corrected chi connectivity index (χ0v) is 18.5. The van der Waals surface area contributed by atoms with Gasteiger partial charge in [-0.2, -0.15) is 5.10 Å². The van der Waals surface area contributed by atoms with Gasteiger partial charge in [0.2, 0.25) is 5.36 Å². The van der Waals surface area contributed by atoms with Gasteiger partial charge in [0.15, 0.2) is 0 Å². The van der Waals surface area contributed by atoms with Crippen molar-refractivity contribution in [2.45, 2.75) is 26.8 Å². The third-order valence-corrected chi connectivity index (χ3v) is 5.51. The summed E-state index contributed by atoms with van der Waals surface area (Å²) >= 11 is 0. The fraction of sp³-hybridized carbons (Fsp3) is 0.192. The predicted octanol–water partition coefficient (Wildman–Crippen LogP) is 3.78. The Labute approximate surface area is 190 Å². The van der Waals surface area contributed by atoms with E-state index in [2.05, 4.69) is 29.4 Å². The van der Waals surface area contributed by atoms with Gasteiger partial charge < -0.3 is 10.4 Å². The molecule has 0 radical (unpaired) electrons. The summed E-state index contributed by atoms with van der Waals surface area (Å²) in [4.78, 5) is 26.1. The molecule has 2 aliphatic carbocycles. The second-order valence-electron chi connectivity index (χ2n) is 8.31. The first-order valence-corrected chi connectivity index (χ1v) is 10.8. The minimum absolute atomic E-state index is 0.316. The van der Waals surface area contributed by atoms with Crippen LogP contribution in [0.25, 0.3) is 27.8 Å². The molecule has 2 N–H and O–H groups in total. The lowest BCUT2D eigenvalue weighted by atomic mass is 10.1. The Morgan fingerprint density at radius 3 is 2.12 bits per heavy atom. The molecule has 0 bridgehead atoms. The van der Waals surface area contributed by atoms with Crippen molar-refractivity contribution in [3.8, 4) is 16.8 Å². The van der Waals surface area contributed by atoms with Crippen molar-refractivity contribution in [2.24, 2.45) is 16.9 Å². The van der Waals surface area contributed by atoms with Crippen LogP contribution in [-0.4, -0.2) is 9.13 Å². The number of para-hydroxylation sites is 1. The minimum atomic E-state index is -0.645. The van der Waals surface area contributed by atoms with E-state index >= 15 is 0 Å². The van der Waals surface area contributed by atoms with Gasteiger partial charge in [-0.05, 0) is 59.9 Å². The highest BCUT2D eigenvalue weighted by Gasteiger charge is 2.14. The lowest BCUT2D eigenvalue weighted by Crippen LogP contribution is -2.45. The topological polar surface area (TPSA) is 82.4 Å². The number of halogens is 1. The molecule has 3 aromatic rings. The van der Waals surface area contributed by atoms with E-state index in [1.54, 1.807) is 24.3 Å². The number of aromatic nitrogens is 2. The summed E-state index contributed by atoms with van der Waals surface area (Å²) < 4.78 is 16.8. The molecular formula is C26H25FN4O2. The van der Waals surface area contributed by atoms with Gasteiger partial charge in [-0.25, -0.2) is 4.39 Å². The number of fused-ring (bicyclic) bond motifs is 2. The standard InChI is InChI=1S/C20H21FN4O2.C6H4/c1-13(2)10-11-24-17-12-14(21)8-9-16(17)25(15-6-4-3-5-7-15)20(27)18(23-22)19(24)26;1-2-5-4-6(5)3-1/h3-9,12-13H,10-11,22H2,1-2H3;1-4H. The Morgan fingerprint density at radius 2 is 1.58 bits per heavy atom. The largest absolute Gasteiger partial charge is 0.322 e. The molecule has 33 heavy (non-hydrogen) atoms. The summed E-state index contributed by atoms with van der Waals surface area (Å²) in [7, 11) is 0. The number of rotatable bonds is 4. The van der Waals surface area contributed by atoms with Crippen LogP contribution in [0.15, 0.2) is 87.5 Å². The highest BCUT2D eigenvalue weighted by Crippen LogP contribution is 2.32. The third-order valence-electron chi connectivity index (χ3n) is 5.51. The highest BCUT2D eigenvalue weighted by molar-refractivity contribution is 5.80. The summed E-state index contributed by atoms with van der Waals surface area (Å²) in [5.41, 5.74) is 2.84. The predicted molar refractivity (Wildman–Crippen MR) is 128 cm³/mol. The summed E-state index contributed by atoms with van der Waals surface area (Å²) in [6.45, 7) is 4.37. The lowest BCUT2D eigenvalue weighted by Gasteiger charge is -2.11. The Hall–Kier alpha value is -4.00. The maximum absolute atomic E-state index is 14.0. The van der Waals surface area contributed by atoms with E-state index in [0.29, 0.717) is 35.6 Å². The molecule has 1 heterocycles. The molecule has 0 fully saturated rings. The van der Waals surface area contributed by atoms with Gasteiger partial charge in [0.1, 0.15) is 5.82 Å². The van der Waals surface area contributed by atoms with Crippen LogP contribution in [0.1, 0.15) is 20.3 Å². The molecule has 0 atom stereocenters. The van der Waals surface area contributed by atoms with Crippen molar-refractivity contribution in [1.29, 1.82) is 0 Å². The van der Waals surface area contributed by atoms with Crippen LogP contribution in [0.2, 0.25) is 0 Å². The molecule has 0 amide bonds. The molecule has 168 valence electrons. The summed E-state index contributed by atoms with van der Waals surface area (Å²) in [5, 5.41) is 3.08. The van der Waals surface area contributed by atoms with E-state index in [1.165, 1.54) is 38.5 Å². The maximum Gasteiger partial charge on any atom is 0.289 e. The normalized spacial score (nSPS) is 11.9. The molecule has 2 aliphatic rings. The molecule has 0 spiro atoms. The van der Waals surface area contributed by atoms with Gasteiger partial charge in [0, 0.05) is 12.2 Å². The van der Waals surface area contributed by atoms with Crippen LogP contribution in [0.5, 0.6) is 0 Å². The molecule has 7 heteroatoms. The lowest BCUT2D eigenvalue weighted by molar-refractivity contribution is 0.515. The van der Waals surface area contributed by atoms with Crippen molar-refractivity contribution in [3.05, 3.63) is 105 Å². The smallest absolute Gasteiger partial charge is 0.289 e. The SMILES string of the molecule is CC(C)CCn1c(=O)c(=NN)c(=O)n(-c2ccccc2)c2ccc(F)cc21.c1cc2cc-2c1. The van der Waals surface area contributed by atoms with Crippen molar-refractivity contribution < 1.29 is 4.39 Å². The van der Waals surface area contributed by atoms with Crippen molar-refractivity contribution >= 4 is 11.0 Å². The van der Waals surface area contributed by atoms with Crippen LogP contribution >= 0.6 is 0 Å². The maximum atomic E-state index is 14.0. The van der Waals surface area contributed by atoms with Crippen molar-refractivity contribution in [1.82, 2.24) is 9.13 Å². The zero-order valence-electron chi connectivity index (χ0n) is 18.5. The van der Waals surface area contributed by atoms with Crippen LogP contribution in [0, 0.1) is 11.7 Å². The van der Waals surface area contributed by atoms with Gasteiger partial charge in [0.05, 0.1) is 11.0 Å². The third kappa shape index (κ3) is 4.62. The second kappa shape index (κ2) is 9.24. The van der Waals surface area contributed by atoms with Crippen LogP contribution < -0.4 is 22.3 Å². The molecule has 2 aromatic carbocycles. The molecule has 0 saturated heterocycles. The van der Waals surface area contributed by atoms with Gasteiger partial charge in [-0.15, -0.1) is 0 Å². The average Bonchev–Trinajstić information content (AvgIpc) is 3.42. The first-order chi connectivity index (χ1) is 15.9. The summed E-state index contributed by atoms with van der Waals surface area (Å²) in [6.07, 6.45) is 0.680. The van der Waals surface area contributed by atoms with E-state index in [-0.39, 0.29) is 5.36 Å². The van der Waals surface area contributed by atoms with Crippen molar-refractivity contribution in [2.75, 3.05) is 0 Å². The molecule has 0 saturated carbocycles. The molecule has 6 nitrogen and oxygen atoms in total. The number of hydrogen-bond donors (Lipinski definition) is 1. The number of nitrogens with two attached hydrogens (primary N) is 1. The highest BCUT2D eigenvalue weighted by atomic mass is 19.1. The van der Waals surface area contributed by atoms with Crippen LogP contribution in [0.4, 0.5) is 4.39 Å². The summed E-state index contributed by atoms with van der Waals surface area (Å²) in [5.74, 6) is 5.22. The van der Waals surface area contributed by atoms with Crippen molar-refractivity contribution in [3.63, 3.8) is 0 Å². The van der Waals surface area contributed by atoms with Gasteiger partial charge in [-0.3, -0.25) is 14.2 Å². The number of hydrogen-bond acceptors (Lipinski definition) is 4. The summed E-state index contributed by atoms with van der Waals surface area (Å²) in [6, 6.07) is 21.3. The second-order valence-corrected chi connectivity index (χ2v) is 8.31. The Balaban J connectivity index is 0.000000367. The minimum Gasteiger partial charge on any atom is -0.322 e. The van der Waals surface area contributed by atoms with E-state index in [0.717, 1.165) is 0 Å². The number of aryl methyl sites for hydroxylation is 1. The first kappa shape index (κ1) is 22.2. The molecular weight excluding hydrogens is 419 g/mol. The monoisotopic (exact) mass is 444 g/mol. The van der Waals surface area contributed by atoms with Gasteiger partial charge in [0.25, 0.3) is 11.1 Å². The molecule has 0 unspecified atom stereocenters. The molecule has 5 rings (SSSR count). The number of nitrogens with zero attached hydrogens (tertiary/aromatic N) is 3. The van der Waals surface area contributed by atoms with Crippen LogP contribution in [-0.2, 0) is 6.54 Å². The first-order valence-electron chi connectivity index (χ1n) is 10.8. The molecule has 0 aliphatic heterocycles. The fourth-order valence-electron chi connectivity index (χ4n) is 3.67.